The number of alkyl halides is 3. The Hall–Kier alpha value is -3.50. The van der Waals surface area contributed by atoms with Crippen LogP contribution in [-0.2, 0) is 23.4 Å². The highest BCUT2D eigenvalue weighted by Gasteiger charge is 2.59. The minimum absolute atomic E-state index is 0.0355. The Kier molecular flexibility index (Phi) is 8.81. The molecule has 6 atom stereocenters. The van der Waals surface area contributed by atoms with Crippen LogP contribution in [0.15, 0.2) is 36.7 Å². The number of carbonyl (C=O) groups excluding carboxylic acids is 1. The molecule has 5 rings (SSSR count). The van der Waals surface area contributed by atoms with Gasteiger partial charge in [0, 0.05) is 6.04 Å². The number of aromatic nitrogens is 4. The Bertz CT molecular complexity index is 1490. The fraction of sp³-hybridized carbons (Fsp3) is 0.520. The predicted octanol–water partition coefficient (Wildman–Crippen LogP) is 3.16. The number of imidazole rings is 1. The molecule has 2 fully saturated rings. The largest absolute Gasteiger partial charge is 0.465 e. The number of aliphatic hydroxyl groups excluding tert-OH is 1. The molecule has 43 heavy (non-hydrogen) atoms. The molecule has 234 valence electrons. The number of nitrogen functional groups attached to an aromatic ring is 1. The average Bonchev–Trinajstić information content (AvgIpc) is 3.54. The molecule has 1 unspecified atom stereocenters. The highest BCUT2D eigenvalue weighted by atomic mass is 31.2. The van der Waals surface area contributed by atoms with Crippen LogP contribution in [0.2, 0.25) is 0 Å². The average molecular weight is 630 g/mol. The number of nitrogens with one attached hydrogen (secondary N) is 2. The molecule has 3 heterocycles. The summed E-state index contributed by atoms with van der Waals surface area (Å²) >= 11 is 0. The number of esters is 1. The molecule has 0 amide bonds. The second-order valence-corrected chi connectivity index (χ2v) is 11.8. The first kappa shape index (κ1) is 30.9. The van der Waals surface area contributed by atoms with Crippen LogP contribution in [0.25, 0.3) is 11.2 Å². The number of hydrogen-bond donors (Lipinski definition) is 4. The topological polar surface area (TPSA) is 185 Å². The summed E-state index contributed by atoms with van der Waals surface area (Å²) in [6.45, 7) is 2.18. The molecule has 14 nitrogen and oxygen atoms in total. The van der Waals surface area contributed by atoms with Crippen molar-refractivity contribution in [3.05, 3.63) is 36.7 Å². The van der Waals surface area contributed by atoms with E-state index >= 15 is 0 Å². The zero-order valence-electron chi connectivity index (χ0n) is 23.1. The number of carbonyl (C=O) groups is 1. The van der Waals surface area contributed by atoms with Gasteiger partial charge in [-0.05, 0) is 38.8 Å². The van der Waals surface area contributed by atoms with Gasteiger partial charge in [-0.25, -0.2) is 9.55 Å². The number of hydrogen-bond acceptors (Lipinski definition) is 12. The number of rotatable bonds is 12. The van der Waals surface area contributed by atoms with Crippen LogP contribution in [0.5, 0.6) is 5.75 Å². The van der Waals surface area contributed by atoms with E-state index in [-0.39, 0.29) is 41.3 Å². The molecule has 18 heteroatoms. The van der Waals surface area contributed by atoms with Crippen molar-refractivity contribution in [3.8, 4) is 5.75 Å². The Labute approximate surface area is 243 Å². The second-order valence-electron chi connectivity index (χ2n) is 10.1. The van der Waals surface area contributed by atoms with Gasteiger partial charge >= 0.3 is 19.9 Å². The molecule has 1 aliphatic heterocycles. The Morgan fingerprint density at radius 2 is 2.00 bits per heavy atom. The number of para-hydroxylation sites is 1. The van der Waals surface area contributed by atoms with Crippen LogP contribution in [0.4, 0.5) is 24.9 Å². The van der Waals surface area contributed by atoms with Gasteiger partial charge in [0.15, 0.2) is 23.2 Å². The SMILES string of the molecule is CCOC(=O)[C@@H](C)NP(=O)(OC[C@H]1O[C@@H](n2cnc3c(NC4CC4)nc(N)nc32)[C@@H](C(F)(F)F)[C@@H]1O)Oc1ccccc1. The van der Waals surface area contributed by atoms with Crippen molar-refractivity contribution in [2.24, 2.45) is 5.92 Å². The first-order valence-electron chi connectivity index (χ1n) is 13.5. The van der Waals surface area contributed by atoms with E-state index in [0.29, 0.717) is 0 Å². The molecular weight excluding hydrogens is 598 g/mol. The summed E-state index contributed by atoms with van der Waals surface area (Å²) < 4.78 is 79.3. The highest BCUT2D eigenvalue weighted by Crippen LogP contribution is 2.49. The maximum absolute atomic E-state index is 14.3. The van der Waals surface area contributed by atoms with Crippen LogP contribution in [0.3, 0.4) is 0 Å². The first-order valence-corrected chi connectivity index (χ1v) is 15.0. The van der Waals surface area contributed by atoms with Gasteiger partial charge in [-0.2, -0.15) is 28.2 Å². The Morgan fingerprint density at radius 3 is 2.65 bits per heavy atom. The van der Waals surface area contributed by atoms with Gasteiger partial charge < -0.3 is 30.2 Å². The lowest BCUT2D eigenvalue weighted by Crippen LogP contribution is -2.39. The monoisotopic (exact) mass is 629 g/mol. The number of nitrogens with zero attached hydrogens (tertiary/aromatic N) is 4. The molecule has 0 spiro atoms. The van der Waals surface area contributed by atoms with Crippen LogP contribution < -0.4 is 20.7 Å². The van der Waals surface area contributed by atoms with Crippen LogP contribution >= 0.6 is 7.75 Å². The van der Waals surface area contributed by atoms with Crippen molar-refractivity contribution >= 4 is 36.6 Å². The molecule has 1 saturated carbocycles. The van der Waals surface area contributed by atoms with E-state index in [4.69, 9.17) is 24.3 Å². The van der Waals surface area contributed by atoms with Crippen LogP contribution in [0.1, 0.15) is 32.9 Å². The number of aliphatic hydroxyl groups is 1. The van der Waals surface area contributed by atoms with Crippen molar-refractivity contribution in [3.63, 3.8) is 0 Å². The molecular formula is C25H31F3N7O7P. The standard InChI is InChI=1S/C25H31F3N7O7P/c1-3-39-23(37)13(2)34-43(38,42-15-7-5-4-6-8-15)40-11-16-19(36)17(25(26,27)28)22(41-16)35-12-30-18-20(31-14-9-10-14)32-24(29)33-21(18)35/h4-8,12-14,16-17,19,22,36H,3,9-11H2,1-2H3,(H,34,38)(H3,29,31,32,33)/t13-,16-,17+,19-,22-,43?/m1/s1. The molecule has 1 aromatic carbocycles. The number of fused-ring (bicyclic) bond motifs is 1. The fourth-order valence-electron chi connectivity index (χ4n) is 4.56. The number of nitrogens with two attached hydrogens (primary N) is 1. The molecule has 2 aromatic heterocycles. The molecule has 1 saturated heterocycles. The minimum Gasteiger partial charge on any atom is -0.465 e. The van der Waals surface area contributed by atoms with Crippen molar-refractivity contribution in [1.29, 1.82) is 0 Å². The third-order valence-corrected chi connectivity index (χ3v) is 8.39. The van der Waals surface area contributed by atoms with Crippen molar-refractivity contribution in [2.75, 3.05) is 24.3 Å². The van der Waals surface area contributed by atoms with Gasteiger partial charge in [-0.15, -0.1) is 0 Å². The van der Waals surface area contributed by atoms with E-state index in [1.165, 1.54) is 19.1 Å². The maximum atomic E-state index is 14.3. The highest BCUT2D eigenvalue weighted by molar-refractivity contribution is 7.52. The molecule has 3 aromatic rings. The fourth-order valence-corrected chi connectivity index (χ4v) is 6.06. The second kappa shape index (κ2) is 12.2. The van der Waals surface area contributed by atoms with Crippen molar-refractivity contribution < 1.29 is 46.2 Å². The van der Waals surface area contributed by atoms with Crippen LogP contribution in [-0.4, -0.2) is 74.3 Å². The first-order chi connectivity index (χ1) is 20.4. The van der Waals surface area contributed by atoms with Crippen LogP contribution in [0, 0.1) is 5.92 Å². The van der Waals surface area contributed by atoms with Gasteiger partial charge in [0.05, 0.1) is 25.6 Å². The normalized spacial score (nSPS) is 24.4. The lowest BCUT2D eigenvalue weighted by atomic mass is 9.99. The smallest absolute Gasteiger partial charge is 0.459 e. The van der Waals surface area contributed by atoms with E-state index in [2.05, 4.69) is 25.4 Å². The van der Waals surface area contributed by atoms with E-state index in [1.54, 1.807) is 25.1 Å². The molecule has 0 radical (unpaired) electrons. The van der Waals surface area contributed by atoms with Crippen molar-refractivity contribution in [2.45, 2.75) is 63.4 Å². The summed E-state index contributed by atoms with van der Waals surface area (Å²) in [7, 11) is -4.44. The van der Waals surface area contributed by atoms with Gasteiger partial charge in [-0.1, -0.05) is 18.2 Å². The minimum atomic E-state index is -4.94. The summed E-state index contributed by atoms with van der Waals surface area (Å²) in [5.74, 6) is -3.05. The van der Waals surface area contributed by atoms with Gasteiger partial charge in [0.25, 0.3) is 0 Å². The van der Waals surface area contributed by atoms with Gasteiger partial charge in [0.1, 0.15) is 23.8 Å². The Morgan fingerprint density at radius 1 is 1.28 bits per heavy atom. The third kappa shape index (κ3) is 7.02. The molecule has 1 aliphatic carbocycles. The van der Waals surface area contributed by atoms with Crippen molar-refractivity contribution in [1.82, 2.24) is 24.6 Å². The zero-order valence-corrected chi connectivity index (χ0v) is 24.0. The zero-order chi connectivity index (χ0) is 30.9. The van der Waals surface area contributed by atoms with E-state index in [1.807, 2.05) is 0 Å². The Balaban J connectivity index is 1.40. The van der Waals surface area contributed by atoms with Gasteiger partial charge in [-0.3, -0.25) is 13.9 Å². The molecule has 2 aliphatic rings. The number of ether oxygens (including phenoxy) is 2. The quantitative estimate of drug-likeness (QED) is 0.169. The van der Waals surface area contributed by atoms with E-state index in [9.17, 15) is 27.6 Å². The third-order valence-electron chi connectivity index (χ3n) is 6.75. The number of benzene rings is 1. The maximum Gasteiger partial charge on any atom is 0.459 e. The summed E-state index contributed by atoms with van der Waals surface area (Å²) in [6, 6.07) is 6.76. The lowest BCUT2D eigenvalue weighted by Gasteiger charge is -2.25. The molecule has 5 N–H and O–H groups in total. The molecule has 0 bridgehead atoms. The summed E-state index contributed by atoms with van der Waals surface area (Å²) in [5.41, 5.74) is 5.98. The number of anilines is 2. The predicted molar refractivity (Wildman–Crippen MR) is 146 cm³/mol. The summed E-state index contributed by atoms with van der Waals surface area (Å²) in [4.78, 5) is 24.6. The van der Waals surface area contributed by atoms with E-state index in [0.717, 1.165) is 23.7 Å². The summed E-state index contributed by atoms with van der Waals surface area (Å²) in [6.07, 6.45) is -7.67. The lowest BCUT2D eigenvalue weighted by molar-refractivity contribution is -0.210. The number of halogens is 3. The van der Waals surface area contributed by atoms with E-state index < -0.39 is 56.9 Å². The summed E-state index contributed by atoms with van der Waals surface area (Å²) in [5, 5.41) is 16.4. The van der Waals surface area contributed by atoms with Gasteiger partial charge in [0.2, 0.25) is 5.95 Å².